The van der Waals surface area contributed by atoms with E-state index >= 15 is 0 Å². The van der Waals surface area contributed by atoms with Gasteiger partial charge in [0.1, 0.15) is 6.54 Å². The zero-order chi connectivity index (χ0) is 11.4. The highest BCUT2D eigenvalue weighted by molar-refractivity contribution is 5.75. The molecule has 1 rings (SSSR count). The summed E-state index contributed by atoms with van der Waals surface area (Å²) >= 11 is 0. The number of amides is 1. The standard InChI is InChI=1S/C9H13N3O3/c1-6-4-8(14)12(5-7(13)10-2)9(11-6)15-3/h4H,5H2,1-3H3,(H,10,13). The normalized spacial score (nSPS) is 9.80. The average Bonchev–Trinajstić information content (AvgIpc) is 2.21. The number of ether oxygens (including phenoxy) is 1. The first-order valence-electron chi connectivity index (χ1n) is 4.41. The molecule has 1 aromatic rings. The second-order valence-electron chi connectivity index (χ2n) is 2.98. The SMILES string of the molecule is CNC(=O)Cn1c(OC)nc(C)cc1=O. The van der Waals surface area contributed by atoms with Crippen LogP contribution >= 0.6 is 0 Å². The van der Waals surface area contributed by atoms with Gasteiger partial charge in [-0.3, -0.25) is 14.2 Å². The number of hydrogen-bond acceptors (Lipinski definition) is 4. The van der Waals surface area contributed by atoms with Crippen molar-refractivity contribution in [1.82, 2.24) is 14.9 Å². The van der Waals surface area contributed by atoms with Crippen LogP contribution in [0.15, 0.2) is 10.9 Å². The van der Waals surface area contributed by atoms with Crippen molar-refractivity contribution in [3.63, 3.8) is 0 Å². The maximum atomic E-state index is 11.5. The van der Waals surface area contributed by atoms with Crippen LogP contribution in [-0.4, -0.2) is 29.6 Å². The summed E-state index contributed by atoms with van der Waals surface area (Å²) in [6, 6.07) is 1.49. The first kappa shape index (κ1) is 11.2. The number of likely N-dealkylation sites (N-methyl/N-ethyl adjacent to an activating group) is 1. The highest BCUT2D eigenvalue weighted by Gasteiger charge is 2.10. The number of hydrogen-bond donors (Lipinski definition) is 1. The van der Waals surface area contributed by atoms with Crippen LogP contribution in [0.5, 0.6) is 6.01 Å². The first-order valence-corrected chi connectivity index (χ1v) is 4.41. The van der Waals surface area contributed by atoms with E-state index in [1.165, 1.54) is 24.8 Å². The number of methoxy groups -OCH3 is 1. The van der Waals surface area contributed by atoms with Crippen molar-refractivity contribution in [2.24, 2.45) is 0 Å². The molecule has 0 aliphatic rings. The van der Waals surface area contributed by atoms with E-state index in [1.54, 1.807) is 6.92 Å². The fourth-order valence-electron chi connectivity index (χ4n) is 1.12. The molecule has 0 bridgehead atoms. The number of nitrogens with zero attached hydrogens (tertiary/aromatic N) is 2. The Hall–Kier alpha value is -1.85. The van der Waals surface area contributed by atoms with Crippen LogP contribution in [0.1, 0.15) is 5.69 Å². The van der Waals surface area contributed by atoms with E-state index in [9.17, 15) is 9.59 Å². The van der Waals surface area contributed by atoms with Gasteiger partial charge in [0, 0.05) is 18.8 Å². The summed E-state index contributed by atoms with van der Waals surface area (Å²) in [6.45, 7) is 1.60. The molecule has 15 heavy (non-hydrogen) atoms. The monoisotopic (exact) mass is 211 g/mol. The Balaban J connectivity index is 3.15. The first-order chi connectivity index (χ1) is 7.08. The summed E-state index contributed by atoms with van der Waals surface area (Å²) in [4.78, 5) is 26.7. The van der Waals surface area contributed by atoms with Crippen LogP contribution in [0, 0.1) is 6.92 Å². The van der Waals surface area contributed by atoms with Crippen LogP contribution in [0.25, 0.3) is 0 Å². The van der Waals surface area contributed by atoms with E-state index in [0.717, 1.165) is 0 Å². The van der Waals surface area contributed by atoms with Gasteiger partial charge in [-0.2, -0.15) is 0 Å². The predicted molar refractivity (Wildman–Crippen MR) is 53.9 cm³/mol. The number of rotatable bonds is 3. The van der Waals surface area contributed by atoms with E-state index in [2.05, 4.69) is 10.3 Å². The van der Waals surface area contributed by atoms with Gasteiger partial charge in [0.15, 0.2) is 0 Å². The van der Waals surface area contributed by atoms with Gasteiger partial charge in [0.2, 0.25) is 5.91 Å². The molecule has 0 radical (unpaired) electrons. The molecule has 6 nitrogen and oxygen atoms in total. The third-order valence-electron chi connectivity index (χ3n) is 1.86. The Bertz CT molecular complexity index is 425. The van der Waals surface area contributed by atoms with E-state index in [0.29, 0.717) is 5.69 Å². The Labute approximate surface area is 86.9 Å². The second-order valence-corrected chi connectivity index (χ2v) is 2.98. The molecule has 1 amide bonds. The summed E-state index contributed by atoms with van der Waals surface area (Å²) in [5, 5.41) is 2.42. The van der Waals surface area contributed by atoms with E-state index in [1.807, 2.05) is 0 Å². The lowest BCUT2D eigenvalue weighted by Gasteiger charge is -2.09. The second kappa shape index (κ2) is 4.59. The highest BCUT2D eigenvalue weighted by Crippen LogP contribution is 2.03. The maximum Gasteiger partial charge on any atom is 0.299 e. The molecule has 0 fully saturated rings. The summed E-state index contributed by atoms with van der Waals surface area (Å²) in [7, 11) is 2.91. The molecular weight excluding hydrogens is 198 g/mol. The highest BCUT2D eigenvalue weighted by atomic mass is 16.5. The number of carbonyl (C=O) groups is 1. The van der Waals surface area contributed by atoms with Crippen LogP contribution in [0.3, 0.4) is 0 Å². The molecule has 0 aromatic carbocycles. The van der Waals surface area contributed by atoms with Gasteiger partial charge in [-0.1, -0.05) is 0 Å². The summed E-state index contributed by atoms with van der Waals surface area (Å²) in [5.74, 6) is -0.277. The minimum atomic E-state index is -0.303. The number of aromatic nitrogens is 2. The minimum absolute atomic E-state index is 0.0915. The summed E-state index contributed by atoms with van der Waals surface area (Å²) in [5.41, 5.74) is 0.257. The Morgan fingerprint density at radius 1 is 1.67 bits per heavy atom. The van der Waals surface area contributed by atoms with Crippen molar-refractivity contribution in [2.75, 3.05) is 14.2 Å². The van der Waals surface area contributed by atoms with Crippen LogP contribution in [-0.2, 0) is 11.3 Å². The fourth-order valence-corrected chi connectivity index (χ4v) is 1.12. The Morgan fingerprint density at radius 2 is 2.33 bits per heavy atom. The Kier molecular flexibility index (Phi) is 3.43. The van der Waals surface area contributed by atoms with Gasteiger partial charge in [0.25, 0.3) is 11.6 Å². The fraction of sp³-hybridized carbons (Fsp3) is 0.444. The number of nitrogens with one attached hydrogen (secondary N) is 1. The molecule has 0 unspecified atom stereocenters. The van der Waals surface area contributed by atoms with Gasteiger partial charge in [0.05, 0.1) is 7.11 Å². The smallest absolute Gasteiger partial charge is 0.299 e. The summed E-state index contributed by atoms with van der Waals surface area (Å²) in [6.07, 6.45) is 0. The molecule has 0 spiro atoms. The van der Waals surface area contributed by atoms with Gasteiger partial charge in [-0.05, 0) is 6.92 Å². The van der Waals surface area contributed by atoms with Crippen molar-refractivity contribution in [3.05, 3.63) is 22.1 Å². The lowest BCUT2D eigenvalue weighted by molar-refractivity contribution is -0.121. The largest absolute Gasteiger partial charge is 0.468 e. The predicted octanol–water partition coefficient (Wildman–Crippen LogP) is -0.694. The van der Waals surface area contributed by atoms with Crippen LogP contribution in [0.2, 0.25) is 0 Å². The molecule has 0 saturated carbocycles. The minimum Gasteiger partial charge on any atom is -0.468 e. The third kappa shape index (κ3) is 2.55. The number of carbonyl (C=O) groups excluding carboxylic acids is 1. The average molecular weight is 211 g/mol. The van der Waals surface area contributed by atoms with Crippen molar-refractivity contribution < 1.29 is 9.53 Å². The van der Waals surface area contributed by atoms with Gasteiger partial charge in [-0.25, -0.2) is 4.98 Å². The Morgan fingerprint density at radius 3 is 2.87 bits per heavy atom. The molecule has 0 saturated heterocycles. The lowest BCUT2D eigenvalue weighted by Crippen LogP contribution is -2.31. The quantitative estimate of drug-likeness (QED) is 0.718. The van der Waals surface area contributed by atoms with Gasteiger partial charge in [-0.15, -0.1) is 0 Å². The number of aryl methyl sites for hydroxylation is 1. The maximum absolute atomic E-state index is 11.5. The van der Waals surface area contributed by atoms with E-state index in [4.69, 9.17) is 4.74 Å². The molecule has 0 aliphatic heterocycles. The molecule has 1 N–H and O–H groups in total. The van der Waals surface area contributed by atoms with Crippen LogP contribution < -0.4 is 15.6 Å². The molecular formula is C9H13N3O3. The zero-order valence-electron chi connectivity index (χ0n) is 8.90. The van der Waals surface area contributed by atoms with E-state index < -0.39 is 0 Å². The molecule has 1 aromatic heterocycles. The third-order valence-corrected chi connectivity index (χ3v) is 1.86. The van der Waals surface area contributed by atoms with Crippen LogP contribution in [0.4, 0.5) is 0 Å². The zero-order valence-corrected chi connectivity index (χ0v) is 8.90. The van der Waals surface area contributed by atoms with Gasteiger partial charge < -0.3 is 10.1 Å². The molecule has 0 atom stereocenters. The van der Waals surface area contributed by atoms with Crippen molar-refractivity contribution in [3.8, 4) is 6.01 Å². The topological polar surface area (TPSA) is 73.2 Å². The van der Waals surface area contributed by atoms with Crippen molar-refractivity contribution in [2.45, 2.75) is 13.5 Å². The van der Waals surface area contributed by atoms with Crippen molar-refractivity contribution >= 4 is 5.91 Å². The molecule has 6 heteroatoms. The molecule has 0 aliphatic carbocycles. The molecule has 82 valence electrons. The summed E-state index contributed by atoms with van der Waals surface area (Å²) < 4.78 is 6.10. The van der Waals surface area contributed by atoms with Crippen molar-refractivity contribution in [1.29, 1.82) is 0 Å². The molecule has 1 heterocycles. The van der Waals surface area contributed by atoms with E-state index in [-0.39, 0.29) is 24.0 Å². The van der Waals surface area contributed by atoms with Gasteiger partial charge >= 0.3 is 0 Å². The lowest BCUT2D eigenvalue weighted by atomic mass is 10.4.